The predicted octanol–water partition coefficient (Wildman–Crippen LogP) is 2.65. The molecule has 1 atom stereocenters. The van der Waals surface area contributed by atoms with Crippen LogP contribution in [0.15, 0.2) is 55.1 Å². The molecule has 27 heavy (non-hydrogen) atoms. The maximum atomic E-state index is 9.80. The number of nitrogens with zero attached hydrogens (tertiary/aromatic N) is 5. The number of H-pyrrole nitrogens is 1. The van der Waals surface area contributed by atoms with Crippen molar-refractivity contribution in [3.8, 4) is 22.5 Å². The number of aromatic nitrogens is 5. The first kappa shape index (κ1) is 15.9. The van der Waals surface area contributed by atoms with Crippen molar-refractivity contribution < 1.29 is 5.11 Å². The third-order valence-electron chi connectivity index (χ3n) is 4.91. The largest absolute Gasteiger partial charge is 0.391 e. The lowest BCUT2D eigenvalue weighted by Gasteiger charge is -2.16. The van der Waals surface area contributed by atoms with Crippen LogP contribution >= 0.6 is 0 Å². The van der Waals surface area contributed by atoms with E-state index in [9.17, 15) is 5.11 Å². The van der Waals surface area contributed by atoms with E-state index in [1.807, 2.05) is 30.3 Å². The van der Waals surface area contributed by atoms with Crippen LogP contribution in [0.5, 0.6) is 0 Å². The summed E-state index contributed by atoms with van der Waals surface area (Å²) in [5, 5.41) is 18.4. The van der Waals surface area contributed by atoms with E-state index in [4.69, 9.17) is 0 Å². The lowest BCUT2D eigenvalue weighted by Crippen LogP contribution is -2.22. The summed E-state index contributed by atoms with van der Waals surface area (Å²) in [6.45, 7) is 1.43. The summed E-state index contributed by atoms with van der Waals surface area (Å²) in [7, 11) is 0. The van der Waals surface area contributed by atoms with Crippen LogP contribution in [0.25, 0.3) is 33.4 Å². The Bertz CT molecular complexity index is 1090. The number of β-amino-alcohol motifs (C(OH)–C–C–N with tert-alkyl or cyclic N) is 1. The van der Waals surface area contributed by atoms with Gasteiger partial charge in [0.1, 0.15) is 11.5 Å². The van der Waals surface area contributed by atoms with Gasteiger partial charge in [0, 0.05) is 48.2 Å². The average Bonchev–Trinajstić information content (AvgIpc) is 3.34. The quantitative estimate of drug-likeness (QED) is 0.585. The molecule has 0 amide bonds. The molecule has 4 aromatic rings. The second kappa shape index (κ2) is 6.44. The van der Waals surface area contributed by atoms with Gasteiger partial charge in [-0.2, -0.15) is 5.10 Å². The number of anilines is 1. The Morgan fingerprint density at radius 1 is 1.07 bits per heavy atom. The van der Waals surface area contributed by atoms with E-state index in [1.54, 1.807) is 24.8 Å². The number of hydrogen-bond acceptors (Lipinski definition) is 6. The van der Waals surface area contributed by atoms with Crippen molar-refractivity contribution in [1.29, 1.82) is 0 Å². The maximum absolute atomic E-state index is 9.80. The van der Waals surface area contributed by atoms with Crippen molar-refractivity contribution in [3.05, 3.63) is 55.1 Å². The molecule has 0 saturated carbocycles. The van der Waals surface area contributed by atoms with Gasteiger partial charge in [-0.3, -0.25) is 15.1 Å². The molecule has 2 N–H and O–H groups in total. The molecule has 5 heterocycles. The fraction of sp³-hybridized carbons (Fsp3) is 0.200. The molecule has 1 aliphatic rings. The van der Waals surface area contributed by atoms with Crippen LogP contribution in [-0.4, -0.2) is 49.4 Å². The van der Waals surface area contributed by atoms with Gasteiger partial charge in [-0.1, -0.05) is 0 Å². The van der Waals surface area contributed by atoms with E-state index in [1.165, 1.54) is 0 Å². The predicted molar refractivity (Wildman–Crippen MR) is 103 cm³/mol. The van der Waals surface area contributed by atoms with Gasteiger partial charge in [-0.15, -0.1) is 0 Å². The van der Waals surface area contributed by atoms with Gasteiger partial charge in [-0.25, -0.2) is 4.98 Å². The average molecular weight is 358 g/mol. The summed E-state index contributed by atoms with van der Waals surface area (Å²) in [6.07, 6.45) is 7.63. The number of hydrogen-bond donors (Lipinski definition) is 2. The molecule has 7 heteroatoms. The van der Waals surface area contributed by atoms with E-state index < -0.39 is 0 Å². The molecule has 0 bridgehead atoms. The van der Waals surface area contributed by atoms with Gasteiger partial charge < -0.3 is 10.0 Å². The minimum absolute atomic E-state index is 0.283. The number of pyridine rings is 3. The van der Waals surface area contributed by atoms with Gasteiger partial charge in [0.15, 0.2) is 0 Å². The molecule has 0 aromatic carbocycles. The fourth-order valence-electron chi connectivity index (χ4n) is 3.50. The molecule has 1 aliphatic heterocycles. The molecule has 5 rings (SSSR count). The third kappa shape index (κ3) is 2.92. The standard InChI is InChI=1S/C20H18N6O/c27-15-4-7-26(12-15)19-8-13(3-6-22-19)20-16-9-17(14-2-1-5-21-10-14)23-11-18(16)24-25-20/h1-3,5-6,8-11,15,27H,4,7,12H2,(H,24,25)/t15-/m1/s1. The molecule has 1 fully saturated rings. The summed E-state index contributed by atoms with van der Waals surface area (Å²) in [5.41, 5.74) is 4.55. The number of aromatic amines is 1. The highest BCUT2D eigenvalue weighted by molar-refractivity contribution is 5.94. The topological polar surface area (TPSA) is 90.8 Å². The number of aliphatic hydroxyl groups excluding tert-OH is 1. The van der Waals surface area contributed by atoms with E-state index in [0.29, 0.717) is 6.54 Å². The Morgan fingerprint density at radius 3 is 2.85 bits per heavy atom. The van der Waals surface area contributed by atoms with Gasteiger partial charge >= 0.3 is 0 Å². The summed E-state index contributed by atoms with van der Waals surface area (Å²) in [4.78, 5) is 15.3. The highest BCUT2D eigenvalue weighted by Crippen LogP contribution is 2.30. The molecule has 4 aromatic heterocycles. The van der Waals surface area contributed by atoms with Crippen LogP contribution in [0.2, 0.25) is 0 Å². The summed E-state index contributed by atoms with van der Waals surface area (Å²) >= 11 is 0. The summed E-state index contributed by atoms with van der Waals surface area (Å²) < 4.78 is 0. The summed E-state index contributed by atoms with van der Waals surface area (Å²) in [6, 6.07) is 9.90. The van der Waals surface area contributed by atoms with Gasteiger partial charge in [-0.05, 0) is 36.8 Å². The Labute approximate surface area is 155 Å². The molecule has 0 aliphatic carbocycles. The zero-order chi connectivity index (χ0) is 18.2. The molecular formula is C20H18N6O. The first-order chi connectivity index (χ1) is 13.3. The first-order valence-corrected chi connectivity index (χ1v) is 8.92. The highest BCUT2D eigenvalue weighted by atomic mass is 16.3. The molecule has 0 spiro atoms. The zero-order valence-corrected chi connectivity index (χ0v) is 14.6. The van der Waals surface area contributed by atoms with E-state index >= 15 is 0 Å². The highest BCUT2D eigenvalue weighted by Gasteiger charge is 2.22. The minimum Gasteiger partial charge on any atom is -0.391 e. The van der Waals surface area contributed by atoms with Crippen molar-refractivity contribution in [2.45, 2.75) is 12.5 Å². The molecule has 1 saturated heterocycles. The maximum Gasteiger partial charge on any atom is 0.129 e. The smallest absolute Gasteiger partial charge is 0.129 e. The van der Waals surface area contributed by atoms with Crippen LogP contribution in [0, 0.1) is 0 Å². The van der Waals surface area contributed by atoms with Gasteiger partial charge in [0.05, 0.1) is 23.5 Å². The number of fused-ring (bicyclic) bond motifs is 1. The van der Waals surface area contributed by atoms with Crippen molar-refractivity contribution >= 4 is 16.7 Å². The van der Waals surface area contributed by atoms with E-state index in [0.717, 1.165) is 52.2 Å². The second-order valence-corrected chi connectivity index (χ2v) is 6.72. The minimum atomic E-state index is -0.283. The van der Waals surface area contributed by atoms with Crippen molar-refractivity contribution in [3.63, 3.8) is 0 Å². The zero-order valence-electron chi connectivity index (χ0n) is 14.6. The van der Waals surface area contributed by atoms with Crippen LogP contribution < -0.4 is 4.90 Å². The Hall–Kier alpha value is -3.32. The first-order valence-electron chi connectivity index (χ1n) is 8.92. The van der Waals surface area contributed by atoms with Crippen molar-refractivity contribution in [2.75, 3.05) is 18.0 Å². The monoisotopic (exact) mass is 358 g/mol. The number of rotatable bonds is 3. The molecular weight excluding hydrogens is 340 g/mol. The van der Waals surface area contributed by atoms with Crippen LogP contribution in [0.1, 0.15) is 6.42 Å². The molecule has 7 nitrogen and oxygen atoms in total. The van der Waals surface area contributed by atoms with Crippen molar-refractivity contribution in [1.82, 2.24) is 25.1 Å². The van der Waals surface area contributed by atoms with E-state index in [2.05, 4.69) is 30.0 Å². The lowest BCUT2D eigenvalue weighted by molar-refractivity contribution is 0.198. The number of nitrogens with one attached hydrogen (secondary N) is 1. The van der Waals surface area contributed by atoms with E-state index in [-0.39, 0.29) is 6.10 Å². The van der Waals surface area contributed by atoms with Crippen LogP contribution in [0.4, 0.5) is 5.82 Å². The SMILES string of the molecule is O[C@@H]1CCN(c2cc(-c3n[nH]c4cnc(-c5cccnc5)cc34)ccn2)C1. The summed E-state index contributed by atoms with van der Waals surface area (Å²) in [5.74, 6) is 0.863. The Balaban J connectivity index is 1.57. The molecule has 0 unspecified atom stereocenters. The van der Waals surface area contributed by atoms with Gasteiger partial charge in [0.25, 0.3) is 0 Å². The normalized spacial score (nSPS) is 16.9. The van der Waals surface area contributed by atoms with Gasteiger partial charge in [0.2, 0.25) is 0 Å². The molecule has 134 valence electrons. The fourth-order valence-corrected chi connectivity index (χ4v) is 3.50. The molecule has 0 radical (unpaired) electrons. The lowest BCUT2D eigenvalue weighted by atomic mass is 10.1. The number of aliphatic hydroxyl groups is 1. The second-order valence-electron chi connectivity index (χ2n) is 6.72. The van der Waals surface area contributed by atoms with Crippen LogP contribution in [0.3, 0.4) is 0 Å². The van der Waals surface area contributed by atoms with Crippen molar-refractivity contribution in [2.24, 2.45) is 0 Å². The third-order valence-corrected chi connectivity index (χ3v) is 4.91. The Morgan fingerprint density at radius 2 is 2.04 bits per heavy atom. The van der Waals surface area contributed by atoms with Crippen LogP contribution in [-0.2, 0) is 0 Å². The Kier molecular flexibility index (Phi) is 3.79.